The van der Waals surface area contributed by atoms with Gasteiger partial charge in [0.25, 0.3) is 0 Å². The summed E-state index contributed by atoms with van der Waals surface area (Å²) in [5.41, 5.74) is 4.98. The number of esters is 1. The number of aliphatic hydroxyl groups is 1. The molecule has 0 radical (unpaired) electrons. The van der Waals surface area contributed by atoms with E-state index in [1.807, 2.05) is 0 Å². The topological polar surface area (TPSA) is 72.5 Å². The highest BCUT2D eigenvalue weighted by Crippen LogP contribution is 1.79. The maximum Gasteiger partial charge on any atom is 0.304 e. The van der Waals surface area contributed by atoms with Crippen LogP contribution in [0.15, 0.2) is 0 Å². The van der Waals surface area contributed by atoms with Crippen LogP contribution in [0.3, 0.4) is 0 Å². The van der Waals surface area contributed by atoms with Crippen molar-refractivity contribution in [2.45, 2.75) is 13.2 Å². The Morgan fingerprint density at radius 3 is 2.62 bits per heavy atom. The highest BCUT2D eigenvalue weighted by atomic mass is 16.6. The van der Waals surface area contributed by atoms with Crippen LogP contribution >= 0.6 is 0 Å². The van der Waals surface area contributed by atoms with Gasteiger partial charge < -0.3 is 9.84 Å². The SMILES string of the molecule is CC(=O)OC(N)CO. The number of rotatable bonds is 2. The number of hydrogen-bond donors (Lipinski definition) is 2. The molecule has 1 unspecified atom stereocenters. The molecule has 1 atom stereocenters. The summed E-state index contributed by atoms with van der Waals surface area (Å²) in [5, 5.41) is 8.18. The highest BCUT2D eigenvalue weighted by Gasteiger charge is 2.00. The Labute approximate surface area is 47.2 Å². The maximum absolute atomic E-state index is 10.00. The predicted octanol–water partition coefficient (Wildman–Crippen LogP) is -1.17. The van der Waals surface area contributed by atoms with Crippen molar-refractivity contribution in [2.24, 2.45) is 5.73 Å². The van der Waals surface area contributed by atoms with E-state index >= 15 is 0 Å². The normalized spacial score (nSPS) is 12.9. The lowest BCUT2D eigenvalue weighted by Crippen LogP contribution is -2.29. The highest BCUT2D eigenvalue weighted by molar-refractivity contribution is 5.66. The zero-order chi connectivity index (χ0) is 6.57. The first-order valence-electron chi connectivity index (χ1n) is 2.20. The van der Waals surface area contributed by atoms with Crippen LogP contribution in [-0.4, -0.2) is 23.9 Å². The van der Waals surface area contributed by atoms with Crippen molar-refractivity contribution >= 4 is 5.97 Å². The largest absolute Gasteiger partial charge is 0.444 e. The van der Waals surface area contributed by atoms with Crippen molar-refractivity contribution in [2.75, 3.05) is 6.61 Å². The van der Waals surface area contributed by atoms with Crippen molar-refractivity contribution in [1.29, 1.82) is 0 Å². The molecule has 0 saturated carbocycles. The monoisotopic (exact) mass is 119 g/mol. The molecule has 0 saturated heterocycles. The summed E-state index contributed by atoms with van der Waals surface area (Å²) in [4.78, 5) is 10.00. The minimum atomic E-state index is -0.868. The lowest BCUT2D eigenvalue weighted by molar-refractivity contribution is -0.147. The van der Waals surface area contributed by atoms with Gasteiger partial charge in [-0.1, -0.05) is 0 Å². The van der Waals surface area contributed by atoms with Crippen LogP contribution in [0.5, 0.6) is 0 Å². The molecule has 0 spiro atoms. The third-order valence-corrected chi connectivity index (χ3v) is 0.497. The van der Waals surface area contributed by atoms with Crippen molar-refractivity contribution < 1.29 is 14.6 Å². The molecule has 0 aromatic carbocycles. The smallest absolute Gasteiger partial charge is 0.304 e. The second-order valence-corrected chi connectivity index (χ2v) is 1.33. The Morgan fingerprint density at radius 2 is 2.50 bits per heavy atom. The quantitative estimate of drug-likeness (QED) is 0.355. The molecule has 48 valence electrons. The van der Waals surface area contributed by atoms with Gasteiger partial charge in [0.15, 0.2) is 6.23 Å². The molecule has 0 bridgehead atoms. The van der Waals surface area contributed by atoms with E-state index in [0.29, 0.717) is 0 Å². The first-order valence-corrected chi connectivity index (χ1v) is 2.20. The summed E-state index contributed by atoms with van der Waals surface area (Å²) in [7, 11) is 0. The molecule has 4 nitrogen and oxygen atoms in total. The Balaban J connectivity index is 3.24. The second kappa shape index (κ2) is 3.40. The van der Waals surface area contributed by atoms with Crippen molar-refractivity contribution in [3.8, 4) is 0 Å². The number of nitrogens with two attached hydrogens (primary N) is 1. The van der Waals surface area contributed by atoms with Crippen LogP contribution < -0.4 is 5.73 Å². The molecule has 0 aliphatic carbocycles. The van der Waals surface area contributed by atoms with E-state index in [0.717, 1.165) is 0 Å². The second-order valence-electron chi connectivity index (χ2n) is 1.33. The number of carbonyl (C=O) groups is 1. The fourth-order valence-corrected chi connectivity index (χ4v) is 0.250. The molecule has 0 heterocycles. The van der Waals surface area contributed by atoms with E-state index in [4.69, 9.17) is 10.8 Å². The van der Waals surface area contributed by atoms with Gasteiger partial charge in [0.05, 0.1) is 6.61 Å². The van der Waals surface area contributed by atoms with Crippen LogP contribution in [0.25, 0.3) is 0 Å². The zero-order valence-electron chi connectivity index (χ0n) is 4.63. The molecule has 0 aromatic heterocycles. The standard InChI is InChI=1S/C4H9NO3/c1-3(7)8-4(5)2-6/h4,6H,2,5H2,1H3. The lowest BCUT2D eigenvalue weighted by Gasteiger charge is -2.05. The van der Waals surface area contributed by atoms with E-state index < -0.39 is 12.2 Å². The lowest BCUT2D eigenvalue weighted by atomic mass is 10.6. The van der Waals surface area contributed by atoms with Gasteiger partial charge in [-0.15, -0.1) is 0 Å². The van der Waals surface area contributed by atoms with Gasteiger partial charge in [-0.05, 0) is 0 Å². The fraction of sp³-hybridized carbons (Fsp3) is 0.750. The number of hydrogen-bond acceptors (Lipinski definition) is 4. The molecular weight excluding hydrogens is 110 g/mol. The van der Waals surface area contributed by atoms with Gasteiger partial charge in [0.1, 0.15) is 0 Å². The average molecular weight is 119 g/mol. The summed E-state index contributed by atoms with van der Waals surface area (Å²) < 4.78 is 4.29. The van der Waals surface area contributed by atoms with E-state index in [-0.39, 0.29) is 6.61 Å². The van der Waals surface area contributed by atoms with E-state index in [1.54, 1.807) is 0 Å². The molecule has 3 N–H and O–H groups in total. The molecule has 0 aliphatic heterocycles. The van der Waals surface area contributed by atoms with Gasteiger partial charge >= 0.3 is 5.97 Å². The minimum absolute atomic E-state index is 0.334. The van der Waals surface area contributed by atoms with Crippen LogP contribution in [0.2, 0.25) is 0 Å². The summed E-state index contributed by atoms with van der Waals surface area (Å²) in [6.07, 6.45) is -0.868. The van der Waals surface area contributed by atoms with E-state index in [2.05, 4.69) is 4.74 Å². The number of carbonyl (C=O) groups excluding carboxylic acids is 1. The predicted molar refractivity (Wildman–Crippen MR) is 26.8 cm³/mol. The van der Waals surface area contributed by atoms with Gasteiger partial charge in [-0.25, -0.2) is 0 Å². The number of ether oxygens (including phenoxy) is 1. The Morgan fingerprint density at radius 1 is 2.00 bits per heavy atom. The van der Waals surface area contributed by atoms with Crippen molar-refractivity contribution in [1.82, 2.24) is 0 Å². The Bertz CT molecular complexity index is 83.4. The van der Waals surface area contributed by atoms with Gasteiger partial charge in [-0.2, -0.15) is 0 Å². The molecule has 0 rings (SSSR count). The zero-order valence-corrected chi connectivity index (χ0v) is 4.63. The van der Waals surface area contributed by atoms with Gasteiger partial charge in [0.2, 0.25) is 0 Å². The molecule has 0 aromatic rings. The van der Waals surface area contributed by atoms with Gasteiger partial charge in [-0.3, -0.25) is 10.5 Å². The molecule has 0 aliphatic rings. The molecule has 4 heteroatoms. The Hall–Kier alpha value is -0.610. The van der Waals surface area contributed by atoms with E-state index in [1.165, 1.54) is 6.92 Å². The summed E-state index contributed by atoms with van der Waals surface area (Å²) in [6, 6.07) is 0. The fourth-order valence-electron chi connectivity index (χ4n) is 0.250. The Kier molecular flexibility index (Phi) is 3.14. The van der Waals surface area contributed by atoms with Gasteiger partial charge in [0, 0.05) is 6.92 Å². The third kappa shape index (κ3) is 3.58. The molecule has 8 heavy (non-hydrogen) atoms. The summed E-state index contributed by atoms with van der Waals surface area (Å²) >= 11 is 0. The first kappa shape index (κ1) is 7.39. The summed E-state index contributed by atoms with van der Waals surface area (Å²) in [5.74, 6) is -0.480. The van der Waals surface area contributed by atoms with Crippen LogP contribution in [0, 0.1) is 0 Å². The first-order chi connectivity index (χ1) is 3.66. The minimum Gasteiger partial charge on any atom is -0.444 e. The van der Waals surface area contributed by atoms with Crippen LogP contribution in [0.4, 0.5) is 0 Å². The summed E-state index contributed by atoms with van der Waals surface area (Å²) in [6.45, 7) is 0.898. The number of aliphatic hydroxyl groups excluding tert-OH is 1. The van der Waals surface area contributed by atoms with Crippen LogP contribution in [-0.2, 0) is 9.53 Å². The maximum atomic E-state index is 10.00. The third-order valence-electron chi connectivity index (χ3n) is 0.497. The average Bonchev–Trinajstić information content (AvgIpc) is 1.65. The molecule has 0 fully saturated rings. The van der Waals surface area contributed by atoms with Crippen molar-refractivity contribution in [3.05, 3.63) is 0 Å². The molecule has 0 amide bonds. The van der Waals surface area contributed by atoms with E-state index in [9.17, 15) is 4.79 Å². The van der Waals surface area contributed by atoms with Crippen LogP contribution in [0.1, 0.15) is 6.92 Å². The molecular formula is C4H9NO3. The van der Waals surface area contributed by atoms with Crippen molar-refractivity contribution in [3.63, 3.8) is 0 Å².